The molecule has 0 bridgehead atoms. The number of nitrogens with zero attached hydrogens (tertiary/aromatic N) is 4. The number of amides is 1. The number of rotatable bonds is 6. The Kier molecular flexibility index (Phi) is 6.91. The number of pyridine rings is 1. The van der Waals surface area contributed by atoms with Gasteiger partial charge in [0.25, 0.3) is 5.91 Å². The van der Waals surface area contributed by atoms with Gasteiger partial charge in [-0.25, -0.2) is 9.37 Å². The minimum absolute atomic E-state index is 0.174. The van der Waals surface area contributed by atoms with E-state index in [-0.39, 0.29) is 11.7 Å². The number of nitrogens with one attached hydrogen (secondary N) is 1. The van der Waals surface area contributed by atoms with Crippen LogP contribution < -0.4 is 15.1 Å². The highest BCUT2D eigenvalue weighted by Crippen LogP contribution is 2.37. The second-order valence-electron chi connectivity index (χ2n) is 11.3. The molecule has 0 radical (unpaired) electrons. The van der Waals surface area contributed by atoms with Crippen LogP contribution in [0.15, 0.2) is 115 Å². The number of hydrogen-bond acceptors (Lipinski definition) is 5. The van der Waals surface area contributed by atoms with Crippen molar-refractivity contribution in [3.8, 4) is 11.3 Å². The molecule has 3 aromatic heterocycles. The largest absolute Gasteiger partial charge is 0.368 e. The maximum Gasteiger partial charge on any atom is 0.270 e. The van der Waals surface area contributed by atoms with Gasteiger partial charge in [0.15, 0.2) is 0 Å². The smallest absolute Gasteiger partial charge is 0.270 e. The lowest BCUT2D eigenvalue weighted by Gasteiger charge is -2.37. The third-order valence-electron chi connectivity index (χ3n) is 8.62. The third-order valence-corrected chi connectivity index (χ3v) is 9.77. The maximum atomic E-state index is 14.2. The SMILES string of the molecule is O=C(NCc1ccc(N2CCN(c3ccccc3F)CC2)cc1)c1c(-c2ccc3sc4ccccc4c3c2)nc2ccccn12. The van der Waals surface area contributed by atoms with Crippen molar-refractivity contribution in [2.75, 3.05) is 36.0 Å². The lowest BCUT2D eigenvalue weighted by molar-refractivity contribution is 0.0945. The van der Waals surface area contributed by atoms with E-state index in [0.717, 1.165) is 48.6 Å². The summed E-state index contributed by atoms with van der Waals surface area (Å²) in [4.78, 5) is 23.1. The van der Waals surface area contributed by atoms with Crippen molar-refractivity contribution in [3.63, 3.8) is 0 Å². The molecule has 0 spiro atoms. The lowest BCUT2D eigenvalue weighted by atomic mass is 10.1. The van der Waals surface area contributed by atoms with Crippen molar-refractivity contribution < 1.29 is 9.18 Å². The zero-order valence-corrected chi connectivity index (χ0v) is 25.3. The van der Waals surface area contributed by atoms with Gasteiger partial charge in [0.1, 0.15) is 22.9 Å². The van der Waals surface area contributed by atoms with Gasteiger partial charge >= 0.3 is 0 Å². The van der Waals surface area contributed by atoms with E-state index in [1.807, 2.05) is 40.9 Å². The number of carbonyl (C=O) groups excluding carboxylic acids is 1. The highest BCUT2D eigenvalue weighted by molar-refractivity contribution is 7.25. The standard InChI is InChI=1S/C37H30FN5OS/c38-30-8-2-3-9-31(30)42-21-19-41(20-22-42)27-15-12-25(13-16-27)24-39-37(44)36-35(40-34-11-5-6-18-43(34)36)26-14-17-33-29(23-26)28-7-1-4-10-32(28)45-33/h1-18,23H,19-22,24H2,(H,39,44). The monoisotopic (exact) mass is 611 g/mol. The van der Waals surface area contributed by atoms with E-state index in [0.29, 0.717) is 23.6 Å². The zero-order valence-electron chi connectivity index (χ0n) is 24.5. The molecule has 4 heterocycles. The molecule has 0 aliphatic carbocycles. The molecular formula is C37H30FN5OS. The summed E-state index contributed by atoms with van der Waals surface area (Å²) in [5.41, 5.74) is 5.64. The molecule has 1 saturated heterocycles. The second kappa shape index (κ2) is 11.4. The van der Waals surface area contributed by atoms with Gasteiger partial charge in [0, 0.05) is 70.3 Å². The van der Waals surface area contributed by atoms with Crippen LogP contribution in [0.1, 0.15) is 16.1 Å². The van der Waals surface area contributed by atoms with Crippen molar-refractivity contribution in [2.45, 2.75) is 6.54 Å². The molecule has 1 aliphatic heterocycles. The first-order valence-electron chi connectivity index (χ1n) is 15.1. The Hall–Kier alpha value is -5.21. The van der Waals surface area contributed by atoms with Gasteiger partial charge in [0.2, 0.25) is 0 Å². The van der Waals surface area contributed by atoms with E-state index in [2.05, 4.69) is 81.8 Å². The average Bonchev–Trinajstić information content (AvgIpc) is 3.66. The van der Waals surface area contributed by atoms with Crippen molar-refractivity contribution in [2.24, 2.45) is 0 Å². The highest BCUT2D eigenvalue weighted by atomic mass is 32.1. The lowest BCUT2D eigenvalue weighted by Crippen LogP contribution is -2.46. The van der Waals surface area contributed by atoms with E-state index < -0.39 is 0 Å². The molecule has 7 aromatic rings. The number of piperazine rings is 1. The maximum absolute atomic E-state index is 14.2. The van der Waals surface area contributed by atoms with Crippen molar-refractivity contribution in [1.82, 2.24) is 14.7 Å². The van der Waals surface area contributed by atoms with Gasteiger partial charge in [-0.05, 0) is 60.2 Å². The van der Waals surface area contributed by atoms with Crippen LogP contribution in [-0.2, 0) is 6.54 Å². The molecule has 0 saturated carbocycles. The number of anilines is 2. The van der Waals surface area contributed by atoms with Crippen LogP contribution in [-0.4, -0.2) is 41.5 Å². The van der Waals surface area contributed by atoms with Gasteiger partial charge in [0.05, 0.1) is 5.69 Å². The van der Waals surface area contributed by atoms with Crippen LogP contribution in [0.4, 0.5) is 15.8 Å². The fourth-order valence-corrected chi connectivity index (χ4v) is 7.38. The number of thiophene rings is 1. The number of carbonyl (C=O) groups is 1. The van der Waals surface area contributed by atoms with Crippen LogP contribution in [0.25, 0.3) is 37.1 Å². The summed E-state index contributed by atoms with van der Waals surface area (Å²) in [6.07, 6.45) is 1.89. The molecule has 1 fully saturated rings. The summed E-state index contributed by atoms with van der Waals surface area (Å²) < 4.78 is 18.6. The number of halogens is 1. The van der Waals surface area contributed by atoms with Gasteiger partial charge in [-0.2, -0.15) is 0 Å². The van der Waals surface area contributed by atoms with Gasteiger partial charge in [-0.1, -0.05) is 54.6 Å². The van der Waals surface area contributed by atoms with Crippen molar-refractivity contribution in [1.29, 1.82) is 0 Å². The molecule has 6 nitrogen and oxygen atoms in total. The molecule has 1 amide bonds. The molecule has 4 aromatic carbocycles. The first kappa shape index (κ1) is 27.3. The number of hydrogen-bond donors (Lipinski definition) is 1. The molecule has 0 unspecified atom stereocenters. The highest BCUT2D eigenvalue weighted by Gasteiger charge is 2.22. The quantitative estimate of drug-likeness (QED) is 0.209. The first-order chi connectivity index (χ1) is 22.1. The summed E-state index contributed by atoms with van der Waals surface area (Å²) in [6.45, 7) is 3.54. The van der Waals surface area contributed by atoms with E-state index in [4.69, 9.17) is 4.98 Å². The zero-order chi connectivity index (χ0) is 30.3. The van der Waals surface area contributed by atoms with E-state index >= 15 is 0 Å². The first-order valence-corrected chi connectivity index (χ1v) is 15.9. The van der Waals surface area contributed by atoms with Gasteiger partial charge < -0.3 is 15.1 Å². The Balaban J connectivity index is 0.997. The molecule has 8 rings (SSSR count). The summed E-state index contributed by atoms with van der Waals surface area (Å²) in [7, 11) is 0. The summed E-state index contributed by atoms with van der Waals surface area (Å²) in [6, 6.07) is 35.8. The molecule has 45 heavy (non-hydrogen) atoms. The van der Waals surface area contributed by atoms with Crippen LogP contribution in [0.2, 0.25) is 0 Å². The number of aromatic nitrogens is 2. The summed E-state index contributed by atoms with van der Waals surface area (Å²) in [5.74, 6) is -0.349. The Labute approximate surface area is 264 Å². The Morgan fingerprint density at radius 1 is 0.778 bits per heavy atom. The molecule has 0 atom stereocenters. The van der Waals surface area contributed by atoms with Crippen LogP contribution in [0.3, 0.4) is 0 Å². The molecule has 1 aliphatic rings. The normalized spacial score (nSPS) is 13.6. The fraction of sp³-hybridized carbons (Fsp3) is 0.135. The van der Waals surface area contributed by atoms with Crippen molar-refractivity contribution >= 4 is 54.4 Å². The second-order valence-corrected chi connectivity index (χ2v) is 12.4. The minimum atomic E-state index is -0.175. The summed E-state index contributed by atoms with van der Waals surface area (Å²) >= 11 is 1.77. The fourth-order valence-electron chi connectivity index (χ4n) is 6.29. The predicted octanol–water partition coefficient (Wildman–Crippen LogP) is 7.76. The number of benzene rings is 4. The van der Waals surface area contributed by atoms with Gasteiger partial charge in [-0.3, -0.25) is 9.20 Å². The number of imidazole rings is 1. The Bertz CT molecular complexity index is 2180. The third kappa shape index (κ3) is 5.07. The average molecular weight is 612 g/mol. The van der Waals surface area contributed by atoms with Crippen LogP contribution in [0.5, 0.6) is 0 Å². The van der Waals surface area contributed by atoms with E-state index in [9.17, 15) is 9.18 Å². The van der Waals surface area contributed by atoms with Gasteiger partial charge in [-0.15, -0.1) is 11.3 Å². The Morgan fingerprint density at radius 2 is 1.51 bits per heavy atom. The summed E-state index contributed by atoms with van der Waals surface area (Å²) in [5, 5.41) is 5.52. The minimum Gasteiger partial charge on any atom is -0.368 e. The number of para-hydroxylation sites is 1. The molecular weight excluding hydrogens is 582 g/mol. The Morgan fingerprint density at radius 3 is 2.36 bits per heavy atom. The van der Waals surface area contributed by atoms with Crippen LogP contribution >= 0.6 is 11.3 Å². The topological polar surface area (TPSA) is 52.9 Å². The predicted molar refractivity (Wildman–Crippen MR) is 182 cm³/mol. The number of fused-ring (bicyclic) bond motifs is 4. The molecule has 222 valence electrons. The molecule has 8 heteroatoms. The van der Waals surface area contributed by atoms with E-state index in [1.165, 1.54) is 26.2 Å². The molecule has 1 N–H and O–H groups in total. The van der Waals surface area contributed by atoms with E-state index in [1.54, 1.807) is 17.4 Å². The van der Waals surface area contributed by atoms with Crippen molar-refractivity contribution in [3.05, 3.63) is 132 Å². The van der Waals surface area contributed by atoms with Crippen LogP contribution in [0, 0.1) is 5.82 Å².